The van der Waals surface area contributed by atoms with E-state index in [9.17, 15) is 9.18 Å². The highest BCUT2D eigenvalue weighted by atomic mass is 19.1. The number of hydrogen-bond acceptors (Lipinski definition) is 4. The summed E-state index contributed by atoms with van der Waals surface area (Å²) in [6, 6.07) is 5.77. The van der Waals surface area contributed by atoms with E-state index in [0.29, 0.717) is 12.0 Å². The summed E-state index contributed by atoms with van der Waals surface area (Å²) >= 11 is 0. The van der Waals surface area contributed by atoms with Crippen LogP contribution in [0.1, 0.15) is 16.8 Å². The van der Waals surface area contributed by atoms with Crippen LogP contribution in [0.4, 0.5) is 4.39 Å². The standard InChI is InChI=1S/C18H26FN3O/c1-20(2)14-16(8-9-22-12-10-21(3)11-13-22)18(23)15-4-6-17(19)7-5-15/h4-7,14H,8-13H2,1-3H3/b16-14+. The SMILES string of the molecule is CN(C)/C=C(\CCN1CCN(C)CC1)C(=O)c1ccc(F)cc1. The maximum atomic E-state index is 13.0. The molecule has 1 fully saturated rings. The zero-order valence-corrected chi connectivity index (χ0v) is 14.3. The van der Waals surface area contributed by atoms with E-state index in [1.807, 2.05) is 25.2 Å². The van der Waals surface area contributed by atoms with Crippen molar-refractivity contribution in [3.8, 4) is 0 Å². The number of Topliss-reactive ketones (excluding diaryl/α,β-unsaturated/α-hetero) is 1. The van der Waals surface area contributed by atoms with Gasteiger partial charge < -0.3 is 14.7 Å². The van der Waals surface area contributed by atoms with Gasteiger partial charge in [0.05, 0.1) is 0 Å². The topological polar surface area (TPSA) is 26.8 Å². The van der Waals surface area contributed by atoms with Gasteiger partial charge in [-0.3, -0.25) is 4.79 Å². The molecule has 2 rings (SSSR count). The lowest BCUT2D eigenvalue weighted by atomic mass is 10.0. The van der Waals surface area contributed by atoms with Crippen LogP contribution in [-0.2, 0) is 0 Å². The molecule has 1 aromatic rings. The first-order chi connectivity index (χ1) is 11.0. The predicted octanol–water partition coefficient (Wildman–Crippen LogP) is 2.09. The number of halogens is 1. The lowest BCUT2D eigenvalue weighted by Crippen LogP contribution is -2.44. The van der Waals surface area contributed by atoms with Gasteiger partial charge in [0, 0.05) is 64.2 Å². The van der Waals surface area contributed by atoms with E-state index in [2.05, 4.69) is 16.8 Å². The van der Waals surface area contributed by atoms with Crippen molar-refractivity contribution in [2.75, 3.05) is 53.9 Å². The monoisotopic (exact) mass is 319 g/mol. The number of carbonyl (C=O) groups is 1. The second-order valence-electron chi connectivity index (χ2n) is 6.35. The highest BCUT2D eigenvalue weighted by Gasteiger charge is 2.17. The van der Waals surface area contributed by atoms with Crippen LogP contribution in [0, 0.1) is 5.82 Å². The van der Waals surface area contributed by atoms with Crippen molar-refractivity contribution in [2.45, 2.75) is 6.42 Å². The number of ketones is 1. The van der Waals surface area contributed by atoms with Crippen LogP contribution in [0.3, 0.4) is 0 Å². The molecule has 126 valence electrons. The number of piperazine rings is 1. The predicted molar refractivity (Wildman–Crippen MR) is 91.1 cm³/mol. The molecule has 1 aliphatic rings. The number of likely N-dealkylation sites (N-methyl/N-ethyl adjacent to an activating group) is 1. The average molecular weight is 319 g/mol. The van der Waals surface area contributed by atoms with Crippen LogP contribution in [0.15, 0.2) is 36.0 Å². The third-order valence-electron chi connectivity index (χ3n) is 4.11. The van der Waals surface area contributed by atoms with E-state index in [1.54, 1.807) is 12.1 Å². The minimum Gasteiger partial charge on any atom is -0.383 e. The lowest BCUT2D eigenvalue weighted by molar-refractivity contribution is 0.102. The summed E-state index contributed by atoms with van der Waals surface area (Å²) in [6.07, 6.45) is 2.58. The first kappa shape index (κ1) is 17.6. The molecule has 0 bridgehead atoms. The van der Waals surface area contributed by atoms with Crippen molar-refractivity contribution < 1.29 is 9.18 Å². The number of nitrogens with zero attached hydrogens (tertiary/aromatic N) is 3. The van der Waals surface area contributed by atoms with Crippen LogP contribution in [0.5, 0.6) is 0 Å². The molecule has 1 aromatic carbocycles. The summed E-state index contributed by atoms with van der Waals surface area (Å²) in [4.78, 5) is 19.3. The molecule has 1 aliphatic heterocycles. The van der Waals surface area contributed by atoms with Gasteiger partial charge in [0.1, 0.15) is 5.82 Å². The van der Waals surface area contributed by atoms with Gasteiger partial charge in [-0.25, -0.2) is 4.39 Å². The largest absolute Gasteiger partial charge is 0.383 e. The van der Waals surface area contributed by atoms with Crippen LogP contribution in [0.25, 0.3) is 0 Å². The number of hydrogen-bond donors (Lipinski definition) is 0. The third kappa shape index (κ3) is 5.44. The summed E-state index contributed by atoms with van der Waals surface area (Å²) in [7, 11) is 5.95. The molecule has 0 N–H and O–H groups in total. The molecule has 0 saturated carbocycles. The molecule has 0 spiro atoms. The summed E-state index contributed by atoms with van der Waals surface area (Å²) in [5.41, 5.74) is 1.30. The van der Waals surface area contributed by atoms with Crippen LogP contribution in [0.2, 0.25) is 0 Å². The fourth-order valence-corrected chi connectivity index (χ4v) is 2.69. The zero-order chi connectivity index (χ0) is 16.8. The lowest BCUT2D eigenvalue weighted by Gasteiger charge is -2.32. The van der Waals surface area contributed by atoms with Crippen molar-refractivity contribution in [2.24, 2.45) is 0 Å². The van der Waals surface area contributed by atoms with E-state index < -0.39 is 0 Å². The van der Waals surface area contributed by atoms with E-state index in [4.69, 9.17) is 0 Å². The summed E-state index contributed by atoms with van der Waals surface area (Å²) in [5, 5.41) is 0. The molecule has 0 radical (unpaired) electrons. The minimum atomic E-state index is -0.322. The molecule has 0 atom stereocenters. The Balaban J connectivity index is 2.02. The zero-order valence-electron chi connectivity index (χ0n) is 14.3. The first-order valence-electron chi connectivity index (χ1n) is 8.04. The molecule has 4 nitrogen and oxygen atoms in total. The molecular weight excluding hydrogens is 293 g/mol. The Labute approximate surface area is 138 Å². The van der Waals surface area contributed by atoms with Crippen molar-refractivity contribution in [3.05, 3.63) is 47.4 Å². The Morgan fingerprint density at radius 2 is 1.78 bits per heavy atom. The van der Waals surface area contributed by atoms with Crippen LogP contribution in [-0.4, -0.2) is 74.3 Å². The Morgan fingerprint density at radius 1 is 1.17 bits per heavy atom. The van der Waals surface area contributed by atoms with Crippen molar-refractivity contribution in [1.82, 2.24) is 14.7 Å². The van der Waals surface area contributed by atoms with Crippen LogP contribution < -0.4 is 0 Å². The smallest absolute Gasteiger partial charge is 0.190 e. The molecule has 5 heteroatoms. The molecule has 1 saturated heterocycles. The summed E-state index contributed by atoms with van der Waals surface area (Å²) < 4.78 is 13.0. The molecule has 0 unspecified atom stereocenters. The fourth-order valence-electron chi connectivity index (χ4n) is 2.69. The van der Waals surface area contributed by atoms with E-state index >= 15 is 0 Å². The highest BCUT2D eigenvalue weighted by molar-refractivity contribution is 6.08. The molecule has 0 amide bonds. The quantitative estimate of drug-likeness (QED) is 0.593. The number of benzene rings is 1. The van der Waals surface area contributed by atoms with E-state index in [1.165, 1.54) is 12.1 Å². The van der Waals surface area contributed by atoms with Gasteiger partial charge in [0.25, 0.3) is 0 Å². The van der Waals surface area contributed by atoms with Gasteiger partial charge in [-0.2, -0.15) is 0 Å². The number of rotatable bonds is 6. The second kappa shape index (κ2) is 8.22. The van der Waals surface area contributed by atoms with Gasteiger partial charge in [-0.1, -0.05) is 0 Å². The van der Waals surface area contributed by atoms with Gasteiger partial charge >= 0.3 is 0 Å². The molecule has 1 heterocycles. The van der Waals surface area contributed by atoms with Crippen LogP contribution >= 0.6 is 0 Å². The summed E-state index contributed by atoms with van der Waals surface area (Å²) in [5.74, 6) is -0.343. The van der Waals surface area contributed by atoms with E-state index in [0.717, 1.165) is 38.3 Å². The normalized spacial score (nSPS) is 17.3. The number of carbonyl (C=O) groups excluding carboxylic acids is 1. The minimum absolute atomic E-state index is 0.0205. The van der Waals surface area contributed by atoms with E-state index in [-0.39, 0.29) is 11.6 Å². The van der Waals surface area contributed by atoms with Crippen molar-refractivity contribution in [3.63, 3.8) is 0 Å². The van der Waals surface area contributed by atoms with Gasteiger partial charge in [-0.05, 0) is 37.7 Å². The maximum Gasteiger partial charge on any atom is 0.190 e. The van der Waals surface area contributed by atoms with Gasteiger partial charge in [0.15, 0.2) is 5.78 Å². The average Bonchev–Trinajstić information content (AvgIpc) is 2.52. The van der Waals surface area contributed by atoms with Gasteiger partial charge in [-0.15, -0.1) is 0 Å². The highest BCUT2D eigenvalue weighted by Crippen LogP contribution is 2.14. The second-order valence-corrected chi connectivity index (χ2v) is 6.35. The van der Waals surface area contributed by atoms with Gasteiger partial charge in [0.2, 0.25) is 0 Å². The van der Waals surface area contributed by atoms with Crippen molar-refractivity contribution >= 4 is 5.78 Å². The Bertz CT molecular complexity index is 546. The Hall–Kier alpha value is -1.72. The Kier molecular flexibility index (Phi) is 6.30. The third-order valence-corrected chi connectivity index (χ3v) is 4.11. The molecule has 0 aliphatic carbocycles. The summed E-state index contributed by atoms with van der Waals surface area (Å²) in [6.45, 7) is 5.09. The fraction of sp³-hybridized carbons (Fsp3) is 0.500. The first-order valence-corrected chi connectivity index (χ1v) is 8.04. The maximum absolute atomic E-state index is 13.0. The Morgan fingerprint density at radius 3 is 2.35 bits per heavy atom. The molecule has 23 heavy (non-hydrogen) atoms. The molecular formula is C18H26FN3O. The van der Waals surface area contributed by atoms with Crippen molar-refractivity contribution in [1.29, 1.82) is 0 Å². The molecule has 0 aromatic heterocycles.